The van der Waals surface area contributed by atoms with Crippen molar-refractivity contribution < 1.29 is 19.1 Å². The van der Waals surface area contributed by atoms with Crippen LogP contribution in [0.25, 0.3) is 10.9 Å². The maximum atomic E-state index is 13.2. The van der Waals surface area contributed by atoms with Crippen LogP contribution < -0.4 is 11.1 Å². The highest BCUT2D eigenvalue weighted by Gasteiger charge is 2.39. The number of carbonyl (C=O) groups is 3. The van der Waals surface area contributed by atoms with E-state index in [1.54, 1.807) is 17.0 Å². The van der Waals surface area contributed by atoms with Gasteiger partial charge in [0.1, 0.15) is 24.7 Å². The van der Waals surface area contributed by atoms with E-state index in [0.29, 0.717) is 40.2 Å². The van der Waals surface area contributed by atoms with Gasteiger partial charge in [0.2, 0.25) is 5.91 Å². The van der Waals surface area contributed by atoms with Crippen LogP contribution in [0.2, 0.25) is 4.34 Å². The Morgan fingerprint density at radius 3 is 2.88 bits per heavy atom. The first-order chi connectivity index (χ1) is 15.9. The fourth-order valence-corrected chi connectivity index (χ4v) is 4.63. The smallest absolute Gasteiger partial charge is 0.325 e. The Hall–Kier alpha value is -3.44. The van der Waals surface area contributed by atoms with Gasteiger partial charge < -0.3 is 20.3 Å². The number of amides is 3. The van der Waals surface area contributed by atoms with Crippen molar-refractivity contribution in [1.29, 1.82) is 0 Å². The Bertz CT molecular complexity index is 1220. The molecule has 4 rings (SSSR count). The Balaban J connectivity index is 1.50. The van der Waals surface area contributed by atoms with Crippen LogP contribution in [0.5, 0.6) is 0 Å². The summed E-state index contributed by atoms with van der Waals surface area (Å²) in [5.74, 6) is -0.478. The van der Waals surface area contributed by atoms with E-state index < -0.39 is 18.0 Å². The minimum Gasteiger partial charge on any atom is -0.468 e. The van der Waals surface area contributed by atoms with E-state index in [0.717, 1.165) is 10.9 Å². The summed E-state index contributed by atoms with van der Waals surface area (Å²) in [6, 6.07) is 7.48. The third kappa shape index (κ3) is 4.99. The molecule has 0 saturated carbocycles. The number of hydrogen-bond donors (Lipinski definition) is 2. The SMILES string of the molecule is COC(=O)CN(C(=O)Nc1ccc(Cl)s1)[C@H]1CCN(Cc2ccc3c(N)ncnc3c2)C1=O. The van der Waals surface area contributed by atoms with Gasteiger partial charge in [-0.25, -0.2) is 14.8 Å². The molecule has 2 aromatic heterocycles. The summed E-state index contributed by atoms with van der Waals surface area (Å²) in [6.45, 7) is 0.421. The van der Waals surface area contributed by atoms with Crippen LogP contribution in [0, 0.1) is 0 Å². The van der Waals surface area contributed by atoms with Crippen LogP contribution in [-0.4, -0.2) is 63.9 Å². The first-order valence-electron chi connectivity index (χ1n) is 10.0. The van der Waals surface area contributed by atoms with Gasteiger partial charge in [0, 0.05) is 18.5 Å². The molecular weight excluding hydrogens is 468 g/mol. The minimum atomic E-state index is -0.794. The number of nitrogens with two attached hydrogens (primary N) is 1. The Morgan fingerprint density at radius 1 is 1.33 bits per heavy atom. The number of esters is 1. The maximum Gasteiger partial charge on any atom is 0.325 e. The van der Waals surface area contributed by atoms with Gasteiger partial charge in [-0.3, -0.25) is 14.9 Å². The number of anilines is 2. The first kappa shape index (κ1) is 22.7. The predicted molar refractivity (Wildman–Crippen MR) is 125 cm³/mol. The summed E-state index contributed by atoms with van der Waals surface area (Å²) in [7, 11) is 1.23. The van der Waals surface area contributed by atoms with E-state index in [1.807, 2.05) is 18.2 Å². The molecule has 1 atom stereocenters. The van der Waals surface area contributed by atoms with Crippen molar-refractivity contribution >= 4 is 62.6 Å². The number of likely N-dealkylation sites (tertiary alicyclic amines) is 1. The molecule has 1 aliphatic heterocycles. The second kappa shape index (κ2) is 9.59. The van der Waals surface area contributed by atoms with E-state index in [-0.39, 0.29) is 12.5 Å². The predicted octanol–water partition coefficient (Wildman–Crippen LogP) is 2.73. The summed E-state index contributed by atoms with van der Waals surface area (Å²) in [5.41, 5.74) is 7.43. The molecule has 0 spiro atoms. The fourth-order valence-electron chi connectivity index (χ4n) is 3.70. The van der Waals surface area contributed by atoms with Gasteiger partial charge in [-0.15, -0.1) is 11.3 Å². The number of halogens is 1. The lowest BCUT2D eigenvalue weighted by Crippen LogP contribution is -2.49. The lowest BCUT2D eigenvalue weighted by molar-refractivity contribution is -0.142. The second-order valence-corrected chi connectivity index (χ2v) is 9.13. The summed E-state index contributed by atoms with van der Waals surface area (Å²) < 4.78 is 5.24. The molecule has 0 bridgehead atoms. The molecule has 1 aliphatic rings. The average Bonchev–Trinajstić information content (AvgIpc) is 3.37. The largest absolute Gasteiger partial charge is 0.468 e. The number of rotatable bonds is 6. The number of methoxy groups -OCH3 is 1. The highest BCUT2D eigenvalue weighted by atomic mass is 35.5. The number of benzene rings is 1. The van der Waals surface area contributed by atoms with E-state index in [9.17, 15) is 14.4 Å². The molecule has 3 amide bonds. The number of thiophene rings is 1. The van der Waals surface area contributed by atoms with Gasteiger partial charge in [-0.1, -0.05) is 17.7 Å². The summed E-state index contributed by atoms with van der Waals surface area (Å²) in [5, 5.41) is 3.95. The van der Waals surface area contributed by atoms with Gasteiger partial charge in [0.05, 0.1) is 22.0 Å². The summed E-state index contributed by atoms with van der Waals surface area (Å²) in [6.07, 6.45) is 1.78. The molecule has 172 valence electrons. The van der Waals surface area contributed by atoms with E-state index >= 15 is 0 Å². The molecule has 3 heterocycles. The number of aromatic nitrogens is 2. The topological polar surface area (TPSA) is 131 Å². The standard InChI is InChI=1S/C21H21ClN6O4S/c1-32-18(29)10-28(21(31)26-17-5-4-16(22)33-17)15-6-7-27(20(15)30)9-12-2-3-13-14(8-12)24-11-25-19(13)23/h2-5,8,11,15H,6-7,9-10H2,1H3,(H,26,31)(H2,23,24,25)/t15-/m0/s1. The van der Waals surface area contributed by atoms with Crippen LogP contribution in [0.15, 0.2) is 36.7 Å². The van der Waals surface area contributed by atoms with Crippen molar-refractivity contribution in [2.75, 3.05) is 31.2 Å². The molecule has 3 N–H and O–H groups in total. The van der Waals surface area contributed by atoms with Gasteiger partial charge in [0.15, 0.2) is 0 Å². The van der Waals surface area contributed by atoms with Crippen LogP contribution in [0.4, 0.5) is 15.6 Å². The highest BCUT2D eigenvalue weighted by molar-refractivity contribution is 7.20. The number of nitrogens with zero attached hydrogens (tertiary/aromatic N) is 4. The third-order valence-corrected chi connectivity index (χ3v) is 6.49. The van der Waals surface area contributed by atoms with Gasteiger partial charge >= 0.3 is 12.0 Å². The van der Waals surface area contributed by atoms with Crippen LogP contribution in [0.3, 0.4) is 0 Å². The van der Waals surface area contributed by atoms with Gasteiger partial charge in [-0.05, 0) is 36.2 Å². The molecule has 1 saturated heterocycles. The number of nitrogens with one attached hydrogen (secondary N) is 1. The Labute approximate surface area is 198 Å². The molecular formula is C21H21ClN6O4S. The van der Waals surface area contributed by atoms with E-state index in [2.05, 4.69) is 15.3 Å². The summed E-state index contributed by atoms with van der Waals surface area (Å²) in [4.78, 5) is 49.1. The molecule has 1 aromatic carbocycles. The monoisotopic (exact) mass is 488 g/mol. The first-order valence-corrected chi connectivity index (χ1v) is 11.2. The zero-order chi connectivity index (χ0) is 23.5. The van der Waals surface area contributed by atoms with Crippen LogP contribution >= 0.6 is 22.9 Å². The molecule has 0 aliphatic carbocycles. The van der Waals surface area contributed by atoms with Crippen molar-refractivity contribution in [3.63, 3.8) is 0 Å². The average molecular weight is 489 g/mol. The quantitative estimate of drug-likeness (QED) is 0.510. The number of urea groups is 1. The van der Waals surface area contributed by atoms with Crippen molar-refractivity contribution in [3.05, 3.63) is 46.6 Å². The molecule has 1 fully saturated rings. The Morgan fingerprint density at radius 2 is 2.15 bits per heavy atom. The van der Waals surface area contributed by atoms with Crippen molar-refractivity contribution in [2.45, 2.75) is 19.0 Å². The molecule has 3 aromatic rings. The van der Waals surface area contributed by atoms with Crippen molar-refractivity contribution in [1.82, 2.24) is 19.8 Å². The fraction of sp³-hybridized carbons (Fsp3) is 0.286. The third-order valence-electron chi connectivity index (χ3n) is 5.34. The zero-order valence-corrected chi connectivity index (χ0v) is 19.2. The van der Waals surface area contributed by atoms with Gasteiger partial charge in [-0.2, -0.15) is 0 Å². The number of ether oxygens (including phenoxy) is 1. The maximum absolute atomic E-state index is 13.2. The number of carbonyl (C=O) groups excluding carboxylic acids is 3. The lowest BCUT2D eigenvalue weighted by Gasteiger charge is -2.27. The van der Waals surface area contributed by atoms with Crippen molar-refractivity contribution in [3.8, 4) is 0 Å². The van der Waals surface area contributed by atoms with Crippen LogP contribution in [-0.2, 0) is 20.9 Å². The Kier molecular flexibility index (Phi) is 6.61. The summed E-state index contributed by atoms with van der Waals surface area (Å²) >= 11 is 7.11. The lowest BCUT2D eigenvalue weighted by atomic mass is 10.1. The molecule has 33 heavy (non-hydrogen) atoms. The minimum absolute atomic E-state index is 0.249. The molecule has 0 radical (unpaired) electrons. The second-order valence-electron chi connectivity index (χ2n) is 7.41. The normalized spacial score (nSPS) is 15.6. The van der Waals surface area contributed by atoms with Gasteiger partial charge in [0.25, 0.3) is 0 Å². The molecule has 0 unspecified atom stereocenters. The zero-order valence-electron chi connectivity index (χ0n) is 17.7. The number of fused-ring (bicyclic) bond motifs is 1. The number of nitrogen functional groups attached to an aromatic ring is 1. The highest BCUT2D eigenvalue weighted by Crippen LogP contribution is 2.27. The van der Waals surface area contributed by atoms with E-state index in [4.69, 9.17) is 22.1 Å². The van der Waals surface area contributed by atoms with Crippen LogP contribution in [0.1, 0.15) is 12.0 Å². The number of hydrogen-bond acceptors (Lipinski definition) is 8. The van der Waals surface area contributed by atoms with Crippen molar-refractivity contribution in [2.24, 2.45) is 0 Å². The molecule has 10 nitrogen and oxygen atoms in total. The molecule has 12 heteroatoms. The van der Waals surface area contributed by atoms with E-state index in [1.165, 1.54) is 29.7 Å².